The summed E-state index contributed by atoms with van der Waals surface area (Å²) in [5.74, 6) is 0.546. The van der Waals surface area contributed by atoms with Gasteiger partial charge >= 0.3 is 0 Å². The van der Waals surface area contributed by atoms with Gasteiger partial charge in [0.25, 0.3) is 0 Å². The van der Waals surface area contributed by atoms with Gasteiger partial charge in [-0.3, -0.25) is 4.68 Å². The van der Waals surface area contributed by atoms with Crippen molar-refractivity contribution < 1.29 is 13.5 Å². The van der Waals surface area contributed by atoms with Gasteiger partial charge in [-0.25, -0.2) is 13.1 Å². The number of nitrogens with two attached hydrogens (primary N) is 1. The fourth-order valence-electron chi connectivity index (χ4n) is 2.47. The number of rotatable bonds is 4. The topological polar surface area (TPSA) is 110 Å². The average Bonchev–Trinajstić information content (AvgIpc) is 2.71. The first-order valence-electron chi connectivity index (χ1n) is 6.73. The lowest BCUT2D eigenvalue weighted by Gasteiger charge is -2.34. The summed E-state index contributed by atoms with van der Waals surface area (Å²) in [6.07, 6.45) is 4.39. The Morgan fingerprint density at radius 2 is 2.15 bits per heavy atom. The summed E-state index contributed by atoms with van der Waals surface area (Å²) in [7, 11) is -2.14. The number of anilines is 1. The van der Waals surface area contributed by atoms with Crippen molar-refractivity contribution in [3.05, 3.63) is 6.20 Å². The fraction of sp³-hybridized carbons (Fsp3) is 0.750. The van der Waals surface area contributed by atoms with Gasteiger partial charge in [-0.1, -0.05) is 6.92 Å². The van der Waals surface area contributed by atoms with E-state index in [4.69, 9.17) is 5.73 Å². The molecule has 0 spiro atoms. The summed E-state index contributed by atoms with van der Waals surface area (Å²) in [5, 5.41) is 14.2. The van der Waals surface area contributed by atoms with Crippen molar-refractivity contribution in [3.8, 4) is 0 Å². The van der Waals surface area contributed by atoms with Gasteiger partial charge in [0.1, 0.15) is 4.90 Å². The molecule has 1 saturated carbocycles. The lowest BCUT2D eigenvalue weighted by Crippen LogP contribution is -2.45. The van der Waals surface area contributed by atoms with Gasteiger partial charge in [-0.15, -0.1) is 0 Å². The van der Waals surface area contributed by atoms with Gasteiger partial charge in [0.05, 0.1) is 5.60 Å². The Balaban J connectivity index is 2.04. The Labute approximate surface area is 119 Å². The smallest absolute Gasteiger partial charge is 0.245 e. The summed E-state index contributed by atoms with van der Waals surface area (Å²) in [4.78, 5) is -0.0484. The molecule has 0 aromatic carbocycles. The zero-order valence-electron chi connectivity index (χ0n) is 11.8. The van der Waals surface area contributed by atoms with Gasteiger partial charge in [-0.2, -0.15) is 5.10 Å². The predicted octanol–water partition coefficient (Wildman–Crippen LogP) is 0.222. The second-order valence-corrected chi connectivity index (χ2v) is 7.52. The van der Waals surface area contributed by atoms with E-state index in [9.17, 15) is 13.5 Å². The van der Waals surface area contributed by atoms with Crippen LogP contribution >= 0.6 is 0 Å². The summed E-state index contributed by atoms with van der Waals surface area (Å²) in [5.41, 5.74) is 4.61. The van der Waals surface area contributed by atoms with E-state index in [-0.39, 0.29) is 17.3 Å². The summed E-state index contributed by atoms with van der Waals surface area (Å²) in [6.45, 7) is 2.15. The molecule has 1 aromatic rings. The highest BCUT2D eigenvalue weighted by Crippen LogP contribution is 2.31. The highest BCUT2D eigenvalue weighted by atomic mass is 32.2. The SMILES string of the molecule is CC1CCC(O)(CNS(=O)(=O)c2cn(C)nc2N)CC1. The maximum Gasteiger partial charge on any atom is 0.245 e. The highest BCUT2D eigenvalue weighted by molar-refractivity contribution is 7.89. The second kappa shape index (κ2) is 5.34. The van der Waals surface area contributed by atoms with Crippen LogP contribution in [0.4, 0.5) is 5.82 Å². The largest absolute Gasteiger partial charge is 0.389 e. The van der Waals surface area contributed by atoms with E-state index in [2.05, 4.69) is 16.7 Å². The molecular formula is C12H22N4O3S. The van der Waals surface area contributed by atoms with Crippen molar-refractivity contribution in [1.29, 1.82) is 0 Å². The van der Waals surface area contributed by atoms with Gasteiger partial charge in [-0.05, 0) is 31.6 Å². The summed E-state index contributed by atoms with van der Waals surface area (Å²) < 4.78 is 28.1. The third-order valence-electron chi connectivity index (χ3n) is 3.91. The minimum atomic E-state index is -3.74. The van der Waals surface area contributed by atoms with Crippen LogP contribution in [0.15, 0.2) is 11.1 Å². The molecule has 7 nitrogen and oxygen atoms in total. The molecule has 2 rings (SSSR count). The molecule has 1 heterocycles. The van der Waals surface area contributed by atoms with Crippen molar-refractivity contribution in [1.82, 2.24) is 14.5 Å². The molecule has 0 saturated heterocycles. The minimum absolute atomic E-state index is 0.0103. The van der Waals surface area contributed by atoms with E-state index in [1.165, 1.54) is 10.9 Å². The third kappa shape index (κ3) is 3.31. The molecule has 0 bridgehead atoms. The van der Waals surface area contributed by atoms with Crippen LogP contribution in [0.25, 0.3) is 0 Å². The van der Waals surface area contributed by atoms with E-state index in [1.807, 2.05) is 0 Å². The molecule has 1 aromatic heterocycles. The Morgan fingerprint density at radius 3 is 2.65 bits per heavy atom. The molecule has 1 fully saturated rings. The average molecular weight is 302 g/mol. The number of aromatic nitrogens is 2. The number of aryl methyl sites for hydroxylation is 1. The maximum atomic E-state index is 12.2. The second-order valence-electron chi connectivity index (χ2n) is 5.78. The Morgan fingerprint density at radius 1 is 1.55 bits per heavy atom. The zero-order valence-corrected chi connectivity index (χ0v) is 12.7. The molecule has 1 aliphatic rings. The molecule has 114 valence electrons. The molecule has 8 heteroatoms. The molecule has 20 heavy (non-hydrogen) atoms. The van der Waals surface area contributed by atoms with Crippen LogP contribution in [0, 0.1) is 5.92 Å². The maximum absolute atomic E-state index is 12.2. The standard InChI is InChI=1S/C12H22N4O3S/c1-9-3-5-12(17,6-4-9)8-14-20(18,19)10-7-16(2)15-11(10)13/h7,9,14,17H,3-6,8H2,1-2H3,(H2,13,15). The number of sulfonamides is 1. The van der Waals surface area contributed by atoms with Crippen LogP contribution in [-0.4, -0.2) is 35.5 Å². The number of nitrogens with one attached hydrogen (secondary N) is 1. The molecule has 0 unspecified atom stereocenters. The van der Waals surface area contributed by atoms with Crippen molar-refractivity contribution >= 4 is 15.8 Å². The molecule has 0 radical (unpaired) electrons. The van der Waals surface area contributed by atoms with E-state index in [0.717, 1.165) is 12.8 Å². The van der Waals surface area contributed by atoms with Crippen LogP contribution in [0.2, 0.25) is 0 Å². The Hall–Kier alpha value is -1.12. The summed E-state index contributed by atoms with van der Waals surface area (Å²) in [6, 6.07) is 0. The molecular weight excluding hydrogens is 280 g/mol. The highest BCUT2D eigenvalue weighted by Gasteiger charge is 2.33. The fourth-order valence-corrected chi connectivity index (χ4v) is 3.70. The van der Waals surface area contributed by atoms with Gasteiger partial charge < -0.3 is 10.8 Å². The lowest BCUT2D eigenvalue weighted by atomic mass is 9.80. The zero-order chi connectivity index (χ0) is 15.0. The monoisotopic (exact) mass is 302 g/mol. The first-order valence-corrected chi connectivity index (χ1v) is 8.21. The first-order chi connectivity index (χ1) is 9.22. The quantitative estimate of drug-likeness (QED) is 0.737. The number of aliphatic hydroxyl groups is 1. The number of nitrogen functional groups attached to an aromatic ring is 1. The van der Waals surface area contributed by atoms with Crippen molar-refractivity contribution in [2.75, 3.05) is 12.3 Å². The van der Waals surface area contributed by atoms with E-state index in [1.54, 1.807) is 7.05 Å². The normalized spacial score (nSPS) is 27.6. The van der Waals surface area contributed by atoms with Gasteiger partial charge in [0.2, 0.25) is 10.0 Å². The molecule has 0 amide bonds. The first kappa shape index (κ1) is 15.3. The number of nitrogens with zero attached hydrogens (tertiary/aromatic N) is 2. The van der Waals surface area contributed by atoms with Crippen LogP contribution in [-0.2, 0) is 17.1 Å². The van der Waals surface area contributed by atoms with E-state index >= 15 is 0 Å². The Kier molecular flexibility index (Phi) is 4.08. The van der Waals surface area contributed by atoms with Gasteiger partial charge in [0.15, 0.2) is 5.82 Å². The Bertz CT molecular complexity index is 574. The van der Waals surface area contributed by atoms with Crippen LogP contribution in [0.5, 0.6) is 0 Å². The van der Waals surface area contributed by atoms with Crippen LogP contribution in [0.3, 0.4) is 0 Å². The number of hydrogen-bond acceptors (Lipinski definition) is 5. The third-order valence-corrected chi connectivity index (χ3v) is 5.33. The van der Waals surface area contributed by atoms with Crippen molar-refractivity contribution in [2.45, 2.75) is 43.1 Å². The van der Waals surface area contributed by atoms with Crippen molar-refractivity contribution in [3.63, 3.8) is 0 Å². The van der Waals surface area contributed by atoms with E-state index < -0.39 is 15.6 Å². The molecule has 0 atom stereocenters. The molecule has 4 N–H and O–H groups in total. The van der Waals surface area contributed by atoms with Gasteiger partial charge in [0, 0.05) is 19.8 Å². The number of hydrogen-bond donors (Lipinski definition) is 3. The molecule has 0 aliphatic heterocycles. The summed E-state index contributed by atoms with van der Waals surface area (Å²) >= 11 is 0. The lowest BCUT2D eigenvalue weighted by molar-refractivity contribution is -0.00182. The predicted molar refractivity (Wildman–Crippen MR) is 75.4 cm³/mol. The minimum Gasteiger partial charge on any atom is -0.389 e. The van der Waals surface area contributed by atoms with Crippen molar-refractivity contribution in [2.24, 2.45) is 13.0 Å². The van der Waals surface area contributed by atoms with Crippen LogP contribution in [0.1, 0.15) is 32.6 Å². The van der Waals surface area contributed by atoms with Crippen LogP contribution < -0.4 is 10.5 Å². The molecule has 1 aliphatic carbocycles. The van der Waals surface area contributed by atoms with E-state index in [0.29, 0.717) is 18.8 Å².